The summed E-state index contributed by atoms with van der Waals surface area (Å²) in [5.74, 6) is -0.970. The summed E-state index contributed by atoms with van der Waals surface area (Å²) in [6.45, 7) is 7.08. The molecule has 0 saturated heterocycles. The molecule has 2 unspecified atom stereocenters. The molecule has 0 amide bonds. The number of halogens is 2. The van der Waals surface area contributed by atoms with E-state index in [1.165, 1.54) is 28.2 Å². The first-order valence-electron chi connectivity index (χ1n) is 11.3. The minimum atomic E-state index is -0.633. The van der Waals surface area contributed by atoms with Gasteiger partial charge in [-0.25, -0.2) is 8.78 Å². The fourth-order valence-electron chi connectivity index (χ4n) is 4.14. The number of quaternary nitrogens is 1. The Bertz CT molecular complexity index is 1320. The van der Waals surface area contributed by atoms with Gasteiger partial charge in [-0.15, -0.1) is 6.08 Å². The zero-order valence-electron chi connectivity index (χ0n) is 19.1. The molecule has 1 aliphatic rings. The number of nitrogens with zero attached hydrogens (tertiary/aromatic N) is 2. The van der Waals surface area contributed by atoms with Crippen LogP contribution in [0, 0.1) is 32.0 Å². The molecular weight excluding hydrogens is 432 g/mol. The van der Waals surface area contributed by atoms with Gasteiger partial charge in [0, 0.05) is 17.2 Å². The molecule has 4 aromatic rings. The van der Waals surface area contributed by atoms with Crippen molar-refractivity contribution in [2.75, 3.05) is 0 Å². The van der Waals surface area contributed by atoms with Gasteiger partial charge >= 0.3 is 0 Å². The van der Waals surface area contributed by atoms with Crippen LogP contribution >= 0.6 is 0 Å². The second kappa shape index (κ2) is 9.23. The quantitative estimate of drug-likeness (QED) is 0.394. The lowest BCUT2D eigenvalue weighted by atomic mass is 9.90. The van der Waals surface area contributed by atoms with E-state index in [4.69, 9.17) is 4.52 Å². The van der Waals surface area contributed by atoms with Gasteiger partial charge < -0.3 is 9.42 Å². The molecule has 5 rings (SSSR count). The molecule has 1 aromatic heterocycles. The van der Waals surface area contributed by atoms with Crippen LogP contribution in [0.15, 0.2) is 77.5 Å². The highest BCUT2D eigenvalue weighted by Gasteiger charge is 2.24. The van der Waals surface area contributed by atoms with Crippen LogP contribution in [0.4, 0.5) is 8.78 Å². The van der Waals surface area contributed by atoms with Crippen LogP contribution in [0.1, 0.15) is 39.6 Å². The number of nitrogens with one attached hydrogen (secondary N) is 1. The minimum absolute atomic E-state index is 0.326. The molecule has 0 bridgehead atoms. The van der Waals surface area contributed by atoms with Gasteiger partial charge in [-0.05, 0) is 54.7 Å². The molecule has 6 heteroatoms. The second-order valence-electron chi connectivity index (χ2n) is 8.81. The van der Waals surface area contributed by atoms with Gasteiger partial charge in [0.25, 0.3) is 0 Å². The summed E-state index contributed by atoms with van der Waals surface area (Å²) in [7, 11) is 0. The van der Waals surface area contributed by atoms with Crippen molar-refractivity contribution in [3.05, 3.63) is 125 Å². The molecule has 1 N–H and O–H groups in total. The average Bonchev–Trinajstić information content (AvgIpc) is 3.26. The van der Waals surface area contributed by atoms with Crippen LogP contribution in [-0.4, -0.2) is 10.1 Å². The molecule has 0 radical (unpaired) electrons. The summed E-state index contributed by atoms with van der Waals surface area (Å²) in [4.78, 5) is 5.92. The van der Waals surface area contributed by atoms with Crippen LogP contribution in [0.5, 0.6) is 0 Å². The van der Waals surface area contributed by atoms with Crippen molar-refractivity contribution in [2.24, 2.45) is 0 Å². The largest absolute Gasteiger partial charge is 0.421 e. The van der Waals surface area contributed by atoms with Gasteiger partial charge in [-0.2, -0.15) is 4.98 Å². The Balaban J connectivity index is 1.45. The average molecular weight is 458 g/mol. The van der Waals surface area contributed by atoms with E-state index in [2.05, 4.69) is 29.0 Å². The van der Waals surface area contributed by atoms with E-state index in [-0.39, 0.29) is 0 Å². The summed E-state index contributed by atoms with van der Waals surface area (Å²) in [6.07, 6.45) is 4.61. The number of hydrogen-bond acceptors (Lipinski definition) is 3. The monoisotopic (exact) mass is 457 g/mol. The van der Waals surface area contributed by atoms with E-state index in [0.717, 1.165) is 29.3 Å². The molecule has 2 atom stereocenters. The molecule has 34 heavy (non-hydrogen) atoms. The van der Waals surface area contributed by atoms with Crippen molar-refractivity contribution in [3.63, 3.8) is 0 Å². The molecule has 0 spiro atoms. The van der Waals surface area contributed by atoms with Crippen molar-refractivity contribution < 1.29 is 18.2 Å². The molecule has 0 fully saturated rings. The molecule has 3 aromatic carbocycles. The smallest absolute Gasteiger partial charge is 0.234 e. The van der Waals surface area contributed by atoms with Crippen LogP contribution in [0.3, 0.4) is 0 Å². The predicted molar refractivity (Wildman–Crippen MR) is 126 cm³/mol. The van der Waals surface area contributed by atoms with Crippen molar-refractivity contribution in [1.82, 2.24) is 10.1 Å². The van der Waals surface area contributed by atoms with E-state index in [9.17, 15) is 8.78 Å². The second-order valence-corrected chi connectivity index (χ2v) is 8.81. The Morgan fingerprint density at radius 2 is 1.62 bits per heavy atom. The van der Waals surface area contributed by atoms with E-state index >= 15 is 0 Å². The number of rotatable bonds is 7. The van der Waals surface area contributed by atoms with E-state index in [0.29, 0.717) is 23.7 Å². The van der Waals surface area contributed by atoms with E-state index in [1.54, 1.807) is 0 Å². The Morgan fingerprint density at radius 1 is 0.912 bits per heavy atom. The first kappa shape index (κ1) is 22.0. The normalized spacial score (nSPS) is 15.6. The Morgan fingerprint density at radius 3 is 2.26 bits per heavy atom. The first-order valence-corrected chi connectivity index (χ1v) is 11.3. The molecule has 4 nitrogen and oxygen atoms in total. The summed E-state index contributed by atoms with van der Waals surface area (Å²) >= 11 is 0. The van der Waals surface area contributed by atoms with Crippen LogP contribution < -0.4 is 4.90 Å². The lowest BCUT2D eigenvalue weighted by Crippen LogP contribution is -3.06. The number of aromatic nitrogens is 2. The zero-order valence-corrected chi connectivity index (χ0v) is 19.1. The fraction of sp³-hybridized carbons (Fsp3) is 0.179. The van der Waals surface area contributed by atoms with Crippen LogP contribution in [-0.2, 0) is 13.0 Å². The van der Waals surface area contributed by atoms with Gasteiger partial charge in [0.15, 0.2) is 0 Å². The molecule has 2 heterocycles. The van der Waals surface area contributed by atoms with Gasteiger partial charge in [-0.3, -0.25) is 0 Å². The SMILES string of the molecule is Cc1ccc(CC(c2cc(F)cc(F)c2)c2nc(-c3ccc(C[NH+]4C=C[CH-]4)cc3)no2)cc1C. The maximum atomic E-state index is 14.1. The third-order valence-electron chi connectivity index (χ3n) is 6.28. The van der Waals surface area contributed by atoms with Crippen molar-refractivity contribution in [2.45, 2.75) is 32.7 Å². The van der Waals surface area contributed by atoms with Crippen LogP contribution in [0.25, 0.3) is 11.4 Å². The number of aryl methyl sites for hydroxylation is 2. The highest BCUT2D eigenvalue weighted by Crippen LogP contribution is 2.31. The minimum Gasteiger partial charge on any atom is -0.421 e. The van der Waals surface area contributed by atoms with E-state index < -0.39 is 17.6 Å². The maximum absolute atomic E-state index is 14.1. The summed E-state index contributed by atoms with van der Waals surface area (Å²) in [5.41, 5.74) is 5.86. The molecule has 172 valence electrons. The third kappa shape index (κ3) is 4.77. The Hall–Kier alpha value is -3.77. The lowest BCUT2D eigenvalue weighted by Gasteiger charge is -2.29. The summed E-state index contributed by atoms with van der Waals surface area (Å²) in [5, 5.41) is 4.17. The predicted octanol–water partition coefficient (Wildman–Crippen LogP) is 5.08. The topological polar surface area (TPSA) is 43.4 Å². The van der Waals surface area contributed by atoms with E-state index in [1.807, 2.05) is 56.3 Å². The Labute approximate surface area is 197 Å². The van der Waals surface area contributed by atoms with Crippen molar-refractivity contribution >= 4 is 0 Å². The van der Waals surface area contributed by atoms with Crippen molar-refractivity contribution in [1.29, 1.82) is 0 Å². The first-order chi connectivity index (χ1) is 16.4. The fourth-order valence-corrected chi connectivity index (χ4v) is 4.14. The molecule has 0 saturated carbocycles. The molecular formula is C28H25F2N3O. The maximum Gasteiger partial charge on any atom is 0.234 e. The van der Waals surface area contributed by atoms with Gasteiger partial charge in [0.1, 0.15) is 11.6 Å². The van der Waals surface area contributed by atoms with Crippen LogP contribution in [0.2, 0.25) is 0 Å². The third-order valence-corrected chi connectivity index (χ3v) is 6.28. The zero-order chi connectivity index (χ0) is 23.7. The van der Waals surface area contributed by atoms with Gasteiger partial charge in [0.2, 0.25) is 11.7 Å². The standard InChI is InChI=1S/C28H25F2N3O/c1-18-4-5-21(12-19(18)2)13-26(23-14-24(29)16-25(30)15-23)28-31-27(32-34-28)22-8-6-20(7-9-22)17-33-10-3-11-33/h3-12,14-16,26,33H,13,17H2,1-2H3. The van der Waals surface area contributed by atoms with Gasteiger partial charge in [0.05, 0.1) is 12.5 Å². The summed E-state index contributed by atoms with van der Waals surface area (Å²) < 4.78 is 33.8. The van der Waals surface area contributed by atoms with Gasteiger partial charge in [-0.1, -0.05) is 60.4 Å². The molecule has 1 aliphatic heterocycles. The highest BCUT2D eigenvalue weighted by atomic mass is 19.1. The number of benzene rings is 3. The summed E-state index contributed by atoms with van der Waals surface area (Å²) in [6, 6.07) is 17.7. The lowest BCUT2D eigenvalue weighted by molar-refractivity contribution is -0.840. The van der Waals surface area contributed by atoms with Crippen molar-refractivity contribution in [3.8, 4) is 11.4 Å². The number of hydrogen-bond donors (Lipinski definition) is 1. The molecule has 0 aliphatic carbocycles. The Kier molecular flexibility index (Phi) is 5.99. The highest BCUT2D eigenvalue weighted by molar-refractivity contribution is 5.55.